The molecule has 0 saturated heterocycles. The van der Waals surface area contributed by atoms with Gasteiger partial charge in [0, 0.05) is 5.39 Å². The fourth-order valence-corrected chi connectivity index (χ4v) is 3.08. The number of hydrogen-bond acceptors (Lipinski definition) is 7. The predicted molar refractivity (Wildman–Crippen MR) is 77.8 cm³/mol. The van der Waals surface area contributed by atoms with Gasteiger partial charge in [-0.05, 0) is 19.9 Å². The van der Waals surface area contributed by atoms with Gasteiger partial charge in [-0.1, -0.05) is 0 Å². The molecule has 6 nitrogen and oxygen atoms in total. The van der Waals surface area contributed by atoms with Gasteiger partial charge in [-0.15, -0.1) is 11.3 Å². The Morgan fingerprint density at radius 3 is 3.00 bits per heavy atom. The third-order valence-corrected chi connectivity index (χ3v) is 4.07. The average molecular weight is 288 g/mol. The molecule has 3 rings (SSSR count). The molecule has 0 unspecified atom stereocenters. The zero-order valence-electron chi connectivity index (χ0n) is 11.0. The summed E-state index contributed by atoms with van der Waals surface area (Å²) in [5, 5.41) is 0.799. The highest BCUT2D eigenvalue weighted by Gasteiger charge is 2.17. The van der Waals surface area contributed by atoms with Gasteiger partial charge in [0.2, 0.25) is 0 Å². The first kappa shape index (κ1) is 12.7. The van der Waals surface area contributed by atoms with E-state index in [4.69, 9.17) is 10.5 Å². The highest BCUT2D eigenvalue weighted by molar-refractivity contribution is 7.25. The maximum absolute atomic E-state index is 11.9. The van der Waals surface area contributed by atoms with Crippen LogP contribution < -0.4 is 5.73 Å². The molecule has 0 fully saturated rings. The molecule has 0 atom stereocenters. The molecule has 3 heterocycles. The highest BCUT2D eigenvalue weighted by Crippen LogP contribution is 2.34. The minimum Gasteiger partial charge on any atom is -0.462 e. The largest absolute Gasteiger partial charge is 0.462 e. The first-order valence-corrected chi connectivity index (χ1v) is 6.91. The Morgan fingerprint density at radius 1 is 1.45 bits per heavy atom. The van der Waals surface area contributed by atoms with Gasteiger partial charge >= 0.3 is 5.97 Å². The van der Waals surface area contributed by atoms with E-state index in [2.05, 4.69) is 15.0 Å². The van der Waals surface area contributed by atoms with E-state index in [-0.39, 0.29) is 5.97 Å². The Morgan fingerprint density at radius 2 is 2.25 bits per heavy atom. The van der Waals surface area contributed by atoms with Gasteiger partial charge in [0.05, 0.1) is 28.1 Å². The van der Waals surface area contributed by atoms with Crippen molar-refractivity contribution >= 4 is 43.6 Å². The lowest BCUT2D eigenvalue weighted by atomic mass is 10.1. The van der Waals surface area contributed by atoms with Crippen LogP contribution in [0.25, 0.3) is 20.4 Å². The predicted octanol–water partition coefficient (Wildman–Crippen LogP) is 2.31. The summed E-state index contributed by atoms with van der Waals surface area (Å²) < 4.78 is 5.82. The fourth-order valence-electron chi connectivity index (χ4n) is 2.02. The van der Waals surface area contributed by atoms with Crippen molar-refractivity contribution in [3.8, 4) is 0 Å². The van der Waals surface area contributed by atoms with Gasteiger partial charge in [-0.2, -0.15) is 0 Å². The van der Waals surface area contributed by atoms with Crippen molar-refractivity contribution in [1.29, 1.82) is 0 Å². The van der Waals surface area contributed by atoms with Crippen LogP contribution in [0.1, 0.15) is 23.0 Å². The Labute approximate surface area is 118 Å². The lowest BCUT2D eigenvalue weighted by Crippen LogP contribution is -2.07. The van der Waals surface area contributed by atoms with Crippen LogP contribution in [0.5, 0.6) is 0 Å². The number of pyridine rings is 1. The summed E-state index contributed by atoms with van der Waals surface area (Å²) in [5.41, 5.74) is 7.65. The molecule has 0 radical (unpaired) electrons. The molecule has 0 aliphatic heterocycles. The van der Waals surface area contributed by atoms with Crippen molar-refractivity contribution in [1.82, 2.24) is 15.0 Å². The van der Waals surface area contributed by atoms with Gasteiger partial charge < -0.3 is 10.5 Å². The molecule has 0 aliphatic carbocycles. The Kier molecular flexibility index (Phi) is 2.98. The first-order chi connectivity index (χ1) is 9.61. The molecule has 20 heavy (non-hydrogen) atoms. The maximum Gasteiger partial charge on any atom is 0.339 e. The third kappa shape index (κ3) is 1.87. The summed E-state index contributed by atoms with van der Waals surface area (Å²) in [6, 6.07) is 1.76. The van der Waals surface area contributed by atoms with Gasteiger partial charge in [-0.25, -0.2) is 19.7 Å². The lowest BCUT2D eigenvalue weighted by Gasteiger charge is -2.04. The number of ether oxygens (including phenoxy) is 1. The third-order valence-electron chi connectivity index (χ3n) is 2.96. The first-order valence-electron chi connectivity index (χ1n) is 6.09. The van der Waals surface area contributed by atoms with Crippen molar-refractivity contribution < 1.29 is 9.53 Å². The Balaban J connectivity index is 2.31. The van der Waals surface area contributed by atoms with Crippen LogP contribution in [0.15, 0.2) is 12.4 Å². The van der Waals surface area contributed by atoms with E-state index < -0.39 is 0 Å². The molecule has 3 aromatic heterocycles. The summed E-state index contributed by atoms with van der Waals surface area (Å²) in [6.45, 7) is 3.88. The van der Waals surface area contributed by atoms with E-state index in [1.165, 1.54) is 17.7 Å². The number of aromatic nitrogens is 3. The number of nitrogens with zero attached hydrogens (tertiary/aromatic N) is 3. The van der Waals surface area contributed by atoms with Crippen molar-refractivity contribution in [3.63, 3.8) is 0 Å². The van der Waals surface area contributed by atoms with Gasteiger partial charge in [0.25, 0.3) is 0 Å². The molecular weight excluding hydrogens is 276 g/mol. The second-order valence-electron chi connectivity index (χ2n) is 4.23. The van der Waals surface area contributed by atoms with Crippen LogP contribution in [0.4, 0.5) is 5.82 Å². The summed E-state index contributed by atoms with van der Waals surface area (Å²) in [6.07, 6.45) is 1.41. The summed E-state index contributed by atoms with van der Waals surface area (Å²) in [7, 11) is 0. The number of carbonyl (C=O) groups excluding carboxylic acids is 1. The Hall–Kier alpha value is -2.28. The number of nitrogens with two attached hydrogens (primary N) is 1. The Bertz CT molecular complexity index is 828. The molecule has 0 spiro atoms. The SMILES string of the molecule is CCOC(=O)c1cc2c(nc1C)sc1c(N)ncnc12. The summed E-state index contributed by atoms with van der Waals surface area (Å²) in [4.78, 5) is 25.4. The van der Waals surface area contributed by atoms with E-state index in [0.717, 1.165) is 20.4 Å². The number of thiophene rings is 1. The summed E-state index contributed by atoms with van der Waals surface area (Å²) in [5.74, 6) is 0.0501. The van der Waals surface area contributed by atoms with Crippen LogP contribution in [-0.2, 0) is 4.74 Å². The number of carbonyl (C=O) groups is 1. The standard InChI is InChI=1S/C13H12N4O2S/c1-3-19-13(18)7-4-8-9-10(11(14)16-5-15-9)20-12(8)17-6(7)2/h4-5H,3H2,1-2H3,(H2,14,15,16). The zero-order chi connectivity index (χ0) is 14.3. The molecule has 7 heteroatoms. The van der Waals surface area contributed by atoms with Gasteiger partial charge in [0.1, 0.15) is 17.0 Å². The fraction of sp³-hybridized carbons (Fsp3) is 0.231. The number of aryl methyl sites for hydroxylation is 1. The molecule has 2 N–H and O–H groups in total. The summed E-state index contributed by atoms with van der Waals surface area (Å²) >= 11 is 1.42. The van der Waals surface area contributed by atoms with Crippen LogP contribution in [0.2, 0.25) is 0 Å². The van der Waals surface area contributed by atoms with Crippen LogP contribution >= 0.6 is 11.3 Å². The number of rotatable bonds is 2. The zero-order valence-corrected chi connectivity index (χ0v) is 11.8. The number of anilines is 1. The quantitative estimate of drug-likeness (QED) is 0.728. The van der Waals surface area contributed by atoms with Crippen molar-refractivity contribution in [2.45, 2.75) is 13.8 Å². The second-order valence-corrected chi connectivity index (χ2v) is 5.23. The highest BCUT2D eigenvalue weighted by atomic mass is 32.1. The number of fused-ring (bicyclic) bond motifs is 3. The van der Waals surface area contributed by atoms with E-state index >= 15 is 0 Å². The number of hydrogen-bond donors (Lipinski definition) is 1. The van der Waals surface area contributed by atoms with Crippen molar-refractivity contribution in [2.24, 2.45) is 0 Å². The molecule has 0 aliphatic rings. The molecule has 0 amide bonds. The van der Waals surface area contributed by atoms with Crippen molar-refractivity contribution in [2.75, 3.05) is 12.3 Å². The molecule has 0 aromatic carbocycles. The van der Waals surface area contributed by atoms with E-state index in [0.29, 0.717) is 23.7 Å². The van der Waals surface area contributed by atoms with E-state index in [1.807, 2.05) is 0 Å². The van der Waals surface area contributed by atoms with Crippen molar-refractivity contribution in [3.05, 3.63) is 23.7 Å². The second kappa shape index (κ2) is 4.68. The normalized spacial score (nSPS) is 11.1. The molecule has 3 aromatic rings. The number of esters is 1. The minimum atomic E-state index is -0.374. The molecule has 0 saturated carbocycles. The average Bonchev–Trinajstić information content (AvgIpc) is 2.77. The minimum absolute atomic E-state index is 0.329. The lowest BCUT2D eigenvalue weighted by molar-refractivity contribution is 0.0525. The van der Waals surface area contributed by atoms with Crippen LogP contribution in [0.3, 0.4) is 0 Å². The van der Waals surface area contributed by atoms with Gasteiger partial charge in [-0.3, -0.25) is 0 Å². The smallest absolute Gasteiger partial charge is 0.339 e. The molecule has 102 valence electrons. The van der Waals surface area contributed by atoms with E-state index in [9.17, 15) is 4.79 Å². The van der Waals surface area contributed by atoms with Gasteiger partial charge in [0.15, 0.2) is 0 Å². The number of nitrogen functional groups attached to an aromatic ring is 1. The molecular formula is C13H12N4O2S. The van der Waals surface area contributed by atoms with Crippen LogP contribution in [0, 0.1) is 6.92 Å². The monoisotopic (exact) mass is 288 g/mol. The topological polar surface area (TPSA) is 91.0 Å². The van der Waals surface area contributed by atoms with E-state index in [1.54, 1.807) is 19.9 Å². The van der Waals surface area contributed by atoms with Crippen LogP contribution in [-0.4, -0.2) is 27.5 Å². The molecule has 0 bridgehead atoms. The maximum atomic E-state index is 11.9.